The van der Waals surface area contributed by atoms with E-state index in [1.807, 2.05) is 0 Å². The van der Waals surface area contributed by atoms with Gasteiger partial charge in [-0.05, 0) is 54.1 Å². The van der Waals surface area contributed by atoms with E-state index in [0.717, 1.165) is 16.7 Å². The van der Waals surface area contributed by atoms with Gasteiger partial charge in [-0.25, -0.2) is 9.78 Å². The second-order valence-electron chi connectivity index (χ2n) is 8.79. The van der Waals surface area contributed by atoms with Gasteiger partial charge in [0.2, 0.25) is 5.91 Å². The first-order chi connectivity index (χ1) is 19.6. The maximum Gasteiger partial charge on any atom is 0.416 e. The molecule has 1 saturated heterocycles. The number of amides is 2. The zero-order chi connectivity index (χ0) is 30.8. The molecule has 1 aliphatic heterocycles. The number of carboxylic acid groups (broad SMARTS) is 1. The van der Waals surface area contributed by atoms with E-state index in [2.05, 4.69) is 10.3 Å². The number of hydrogen-bond acceptors (Lipinski definition) is 6. The molecule has 1 fully saturated rings. The summed E-state index contributed by atoms with van der Waals surface area (Å²) in [6, 6.07) is 11.0. The Bertz CT molecular complexity index is 1590. The van der Waals surface area contributed by atoms with E-state index in [1.54, 1.807) is 6.07 Å². The zero-order valence-electron chi connectivity index (χ0n) is 20.9. The van der Waals surface area contributed by atoms with Crippen molar-refractivity contribution in [1.82, 2.24) is 15.2 Å². The molecule has 0 unspecified atom stereocenters. The SMILES string of the molecule is O=C(CN1C(=O)C(=Cc2cccc(-c3cc(C(F)(F)F)cc(C(F)(F)F)c3)n2)SC1=S)NCc1cccc(C(=O)O)c1. The van der Waals surface area contributed by atoms with Crippen molar-refractivity contribution in [2.75, 3.05) is 6.54 Å². The smallest absolute Gasteiger partial charge is 0.416 e. The number of carboxylic acids is 1. The second kappa shape index (κ2) is 11.9. The largest absolute Gasteiger partial charge is 0.478 e. The number of nitrogens with zero attached hydrogens (tertiary/aromatic N) is 2. The van der Waals surface area contributed by atoms with Gasteiger partial charge in [0.25, 0.3) is 5.91 Å². The third-order valence-corrected chi connectivity index (χ3v) is 7.15. The number of carbonyl (C=O) groups is 3. The van der Waals surface area contributed by atoms with E-state index in [1.165, 1.54) is 42.5 Å². The number of thioether (sulfide) groups is 1. The second-order valence-corrected chi connectivity index (χ2v) is 10.5. The van der Waals surface area contributed by atoms with Crippen LogP contribution in [0.2, 0.25) is 0 Å². The highest BCUT2D eigenvalue weighted by Crippen LogP contribution is 2.38. The molecule has 42 heavy (non-hydrogen) atoms. The number of alkyl halides is 6. The van der Waals surface area contributed by atoms with Crippen molar-refractivity contribution in [1.29, 1.82) is 0 Å². The Hall–Kier alpha value is -4.24. The minimum absolute atomic E-state index is 0.00705. The topological polar surface area (TPSA) is 99.6 Å². The van der Waals surface area contributed by atoms with Crippen LogP contribution in [0.3, 0.4) is 0 Å². The van der Waals surface area contributed by atoms with E-state index >= 15 is 0 Å². The van der Waals surface area contributed by atoms with E-state index in [4.69, 9.17) is 17.3 Å². The summed E-state index contributed by atoms with van der Waals surface area (Å²) < 4.78 is 79.7. The van der Waals surface area contributed by atoms with Gasteiger partial charge in [-0.2, -0.15) is 26.3 Å². The van der Waals surface area contributed by atoms with Gasteiger partial charge in [-0.1, -0.05) is 42.2 Å². The molecule has 2 N–H and O–H groups in total. The van der Waals surface area contributed by atoms with Crippen molar-refractivity contribution in [3.63, 3.8) is 0 Å². The minimum Gasteiger partial charge on any atom is -0.478 e. The zero-order valence-corrected chi connectivity index (χ0v) is 22.5. The number of nitrogens with one attached hydrogen (secondary N) is 1. The van der Waals surface area contributed by atoms with E-state index in [-0.39, 0.29) is 38.8 Å². The molecule has 15 heteroatoms. The van der Waals surface area contributed by atoms with E-state index in [9.17, 15) is 40.7 Å². The summed E-state index contributed by atoms with van der Waals surface area (Å²) in [6.45, 7) is -0.453. The van der Waals surface area contributed by atoms with Crippen molar-refractivity contribution >= 4 is 52.2 Å². The van der Waals surface area contributed by atoms with Crippen LogP contribution in [-0.4, -0.2) is 43.6 Å². The van der Waals surface area contributed by atoms with Crippen molar-refractivity contribution in [3.05, 3.63) is 93.5 Å². The van der Waals surface area contributed by atoms with Crippen LogP contribution in [0.15, 0.2) is 65.6 Å². The standard InChI is InChI=1S/C27H17F6N3O4S2/c28-26(29,30)17-8-16(9-18(10-17)27(31,32)33)20-6-2-5-19(35-20)11-21-23(38)36(25(41)42-21)13-22(37)34-12-14-3-1-4-15(7-14)24(39)40/h1-11H,12-13H2,(H,34,37)(H,39,40). The summed E-state index contributed by atoms with van der Waals surface area (Å²) >= 11 is 6.04. The molecular formula is C27H17F6N3O4S2. The summed E-state index contributed by atoms with van der Waals surface area (Å²) in [7, 11) is 0. The van der Waals surface area contributed by atoms with Crippen LogP contribution in [0.1, 0.15) is 32.7 Å². The van der Waals surface area contributed by atoms with Gasteiger partial charge in [0.05, 0.1) is 33.0 Å². The number of thiocarbonyl (C=S) groups is 1. The molecule has 1 aromatic heterocycles. The average molecular weight is 626 g/mol. The van der Waals surface area contributed by atoms with Crippen LogP contribution in [0.4, 0.5) is 26.3 Å². The lowest BCUT2D eigenvalue weighted by molar-refractivity contribution is -0.143. The Morgan fingerprint density at radius 2 is 1.62 bits per heavy atom. The Morgan fingerprint density at radius 3 is 2.24 bits per heavy atom. The molecule has 2 heterocycles. The first kappa shape index (κ1) is 30.7. The highest BCUT2D eigenvalue weighted by atomic mass is 32.2. The van der Waals surface area contributed by atoms with Gasteiger partial charge in [0.15, 0.2) is 0 Å². The van der Waals surface area contributed by atoms with Gasteiger partial charge >= 0.3 is 18.3 Å². The Kier molecular flexibility index (Phi) is 8.73. The fourth-order valence-electron chi connectivity index (χ4n) is 3.78. The lowest BCUT2D eigenvalue weighted by atomic mass is 10.0. The van der Waals surface area contributed by atoms with Gasteiger partial charge in [-0.3, -0.25) is 14.5 Å². The fraction of sp³-hybridized carbons (Fsp3) is 0.148. The summed E-state index contributed by atoms with van der Waals surface area (Å²) in [4.78, 5) is 41.7. The number of aromatic carboxylic acids is 1. The summed E-state index contributed by atoms with van der Waals surface area (Å²) in [5.74, 6) is -2.37. The number of aromatic nitrogens is 1. The summed E-state index contributed by atoms with van der Waals surface area (Å²) in [5, 5.41) is 11.6. The van der Waals surface area contributed by atoms with Crippen LogP contribution in [0.25, 0.3) is 17.3 Å². The highest BCUT2D eigenvalue weighted by Gasteiger charge is 2.37. The number of halogens is 6. The molecule has 0 aliphatic carbocycles. The monoisotopic (exact) mass is 625 g/mol. The Balaban J connectivity index is 1.50. The molecule has 1 aliphatic rings. The number of rotatable bonds is 7. The quantitative estimate of drug-likeness (QED) is 0.189. The molecule has 0 saturated carbocycles. The average Bonchev–Trinajstić information content (AvgIpc) is 3.18. The maximum absolute atomic E-state index is 13.3. The number of benzene rings is 2. The molecule has 3 aromatic rings. The van der Waals surface area contributed by atoms with Gasteiger partial charge < -0.3 is 10.4 Å². The maximum atomic E-state index is 13.3. The number of hydrogen-bond donors (Lipinski definition) is 2. The molecule has 7 nitrogen and oxygen atoms in total. The van der Waals surface area contributed by atoms with Gasteiger partial charge in [-0.15, -0.1) is 0 Å². The van der Waals surface area contributed by atoms with Crippen LogP contribution in [0.5, 0.6) is 0 Å². The van der Waals surface area contributed by atoms with E-state index in [0.29, 0.717) is 17.7 Å². The van der Waals surface area contributed by atoms with Gasteiger partial charge in [0.1, 0.15) is 10.9 Å². The number of pyridine rings is 1. The summed E-state index contributed by atoms with van der Waals surface area (Å²) in [5.41, 5.74) is -2.99. The first-order valence-electron chi connectivity index (χ1n) is 11.7. The molecule has 0 spiro atoms. The van der Waals surface area contributed by atoms with Crippen molar-refractivity contribution in [3.8, 4) is 11.3 Å². The Labute approximate surface area is 243 Å². The first-order valence-corrected chi connectivity index (χ1v) is 13.0. The highest BCUT2D eigenvalue weighted by molar-refractivity contribution is 8.26. The van der Waals surface area contributed by atoms with Crippen LogP contribution < -0.4 is 5.32 Å². The molecule has 218 valence electrons. The Morgan fingerprint density at radius 1 is 0.976 bits per heavy atom. The lowest BCUT2D eigenvalue weighted by Gasteiger charge is -2.14. The van der Waals surface area contributed by atoms with Crippen LogP contribution in [0, 0.1) is 0 Å². The molecule has 0 bridgehead atoms. The lowest BCUT2D eigenvalue weighted by Crippen LogP contribution is -2.39. The number of carbonyl (C=O) groups excluding carboxylic acids is 2. The predicted molar refractivity (Wildman–Crippen MR) is 145 cm³/mol. The molecular weight excluding hydrogens is 608 g/mol. The molecule has 4 rings (SSSR count). The third-order valence-electron chi connectivity index (χ3n) is 5.77. The molecule has 0 radical (unpaired) electrons. The normalized spacial score (nSPS) is 14.9. The summed E-state index contributed by atoms with van der Waals surface area (Å²) in [6.07, 6.45) is -8.80. The van der Waals surface area contributed by atoms with Crippen molar-refractivity contribution < 1.29 is 45.8 Å². The minimum atomic E-state index is -5.03. The van der Waals surface area contributed by atoms with Crippen LogP contribution in [-0.2, 0) is 28.5 Å². The van der Waals surface area contributed by atoms with Gasteiger partial charge in [0, 0.05) is 12.1 Å². The molecule has 2 amide bonds. The van der Waals surface area contributed by atoms with Crippen molar-refractivity contribution in [2.24, 2.45) is 0 Å². The molecule has 2 aromatic carbocycles. The van der Waals surface area contributed by atoms with Crippen LogP contribution >= 0.6 is 24.0 Å². The van der Waals surface area contributed by atoms with Crippen molar-refractivity contribution in [2.45, 2.75) is 18.9 Å². The molecule has 0 atom stereocenters. The fourth-order valence-corrected chi connectivity index (χ4v) is 5.02. The predicted octanol–water partition coefficient (Wildman–Crippen LogP) is 6.00. The third kappa shape index (κ3) is 7.33. The van der Waals surface area contributed by atoms with E-state index < -0.39 is 53.4 Å².